The fourth-order valence-corrected chi connectivity index (χ4v) is 3.71. The van der Waals surface area contributed by atoms with Crippen LogP contribution in [0, 0.1) is 0 Å². The lowest BCUT2D eigenvalue weighted by Crippen LogP contribution is -2.22. The van der Waals surface area contributed by atoms with Crippen molar-refractivity contribution in [2.24, 2.45) is 5.73 Å². The number of rotatable bonds is 17. The highest BCUT2D eigenvalue weighted by atomic mass is 16.5. The number of carbonyl (C=O) groups excluding carboxylic acids is 1. The van der Waals surface area contributed by atoms with Crippen LogP contribution >= 0.6 is 0 Å². The molecule has 0 radical (unpaired) electrons. The number of aliphatic hydroxyl groups excluding tert-OH is 2. The Morgan fingerprint density at radius 3 is 2.56 bits per heavy atom. The van der Waals surface area contributed by atoms with Crippen LogP contribution in [-0.2, 0) is 17.8 Å². The number of hydrogen-bond donors (Lipinski definition) is 6. The Balaban J connectivity index is 1.41. The van der Waals surface area contributed by atoms with Crippen LogP contribution in [-0.4, -0.2) is 47.7 Å². The smallest absolute Gasteiger partial charge is 0.316 e. The summed E-state index contributed by atoms with van der Waals surface area (Å²) in [7, 11) is 0. The van der Waals surface area contributed by atoms with E-state index in [1.807, 2.05) is 24.3 Å². The molecule has 0 aliphatic rings. The van der Waals surface area contributed by atoms with Gasteiger partial charge in [0.1, 0.15) is 5.75 Å². The second kappa shape index (κ2) is 16.1. The zero-order chi connectivity index (χ0) is 24.6. The number of unbranched alkanes of at least 4 members (excludes halogenated alkanes) is 4. The normalized spacial score (nSPS) is 11.9. The molecule has 0 unspecified atom stereocenters. The molecule has 0 aliphatic heterocycles. The van der Waals surface area contributed by atoms with Gasteiger partial charge in [0.15, 0.2) is 0 Å². The summed E-state index contributed by atoms with van der Waals surface area (Å²) in [4.78, 5) is 10.9. The van der Waals surface area contributed by atoms with E-state index in [1.165, 1.54) is 6.07 Å². The number of phenols is 1. The highest BCUT2D eigenvalue weighted by Gasteiger charge is 2.09. The van der Waals surface area contributed by atoms with Gasteiger partial charge in [0.05, 0.1) is 12.7 Å². The molecule has 2 aromatic carbocycles. The van der Waals surface area contributed by atoms with Crippen molar-refractivity contribution >= 4 is 11.7 Å². The van der Waals surface area contributed by atoms with E-state index in [0.29, 0.717) is 23.4 Å². The molecule has 0 spiro atoms. The van der Waals surface area contributed by atoms with Crippen molar-refractivity contribution < 1.29 is 24.9 Å². The van der Waals surface area contributed by atoms with E-state index in [4.69, 9.17) is 10.5 Å². The van der Waals surface area contributed by atoms with E-state index >= 15 is 0 Å². The molecular weight excluding hydrogens is 434 g/mol. The number of aryl methyl sites for hydroxylation is 1. The van der Waals surface area contributed by atoms with Gasteiger partial charge in [-0.25, -0.2) is 4.79 Å². The van der Waals surface area contributed by atoms with E-state index in [1.54, 1.807) is 12.1 Å². The third-order valence-electron chi connectivity index (χ3n) is 5.59. The molecule has 2 rings (SSSR count). The minimum atomic E-state index is -0.668. The van der Waals surface area contributed by atoms with Crippen LogP contribution in [0.25, 0.3) is 0 Å². The van der Waals surface area contributed by atoms with Gasteiger partial charge in [-0.1, -0.05) is 37.5 Å². The van der Waals surface area contributed by atoms with Crippen molar-refractivity contribution in [2.45, 2.75) is 57.7 Å². The Labute approximate surface area is 202 Å². The Bertz CT molecular complexity index is 862. The third-order valence-corrected chi connectivity index (χ3v) is 5.59. The van der Waals surface area contributed by atoms with Crippen LogP contribution < -0.4 is 16.4 Å². The SMILES string of the molecule is NC(=O)Nc1cccc(CCCOCCCCCCCNC[C@@H](O)c2ccc(O)c(CO)c2)c1. The van der Waals surface area contributed by atoms with Crippen molar-refractivity contribution in [1.29, 1.82) is 0 Å². The summed E-state index contributed by atoms with van der Waals surface area (Å²) >= 11 is 0. The van der Waals surface area contributed by atoms with Gasteiger partial charge in [0, 0.05) is 31.0 Å². The van der Waals surface area contributed by atoms with E-state index < -0.39 is 12.1 Å². The Morgan fingerprint density at radius 1 is 1.00 bits per heavy atom. The minimum Gasteiger partial charge on any atom is -0.508 e. The molecule has 0 bridgehead atoms. The highest BCUT2D eigenvalue weighted by Crippen LogP contribution is 2.22. The molecule has 0 fully saturated rings. The molecule has 34 heavy (non-hydrogen) atoms. The monoisotopic (exact) mass is 473 g/mol. The number of amides is 2. The molecule has 2 amide bonds. The lowest BCUT2D eigenvalue weighted by Gasteiger charge is -2.14. The number of hydrogen-bond acceptors (Lipinski definition) is 6. The first-order valence-electron chi connectivity index (χ1n) is 12.0. The Kier molecular flexibility index (Phi) is 13.0. The predicted octanol–water partition coefficient (Wildman–Crippen LogP) is 3.60. The molecule has 0 aliphatic carbocycles. The predicted molar refractivity (Wildman–Crippen MR) is 134 cm³/mol. The molecule has 0 saturated heterocycles. The number of anilines is 1. The number of urea groups is 1. The molecule has 188 valence electrons. The largest absolute Gasteiger partial charge is 0.508 e. The number of benzene rings is 2. The maximum atomic E-state index is 10.9. The molecule has 2 aromatic rings. The Hall–Kier alpha value is -2.65. The van der Waals surface area contributed by atoms with E-state index in [9.17, 15) is 20.1 Å². The van der Waals surface area contributed by atoms with Crippen molar-refractivity contribution in [3.63, 3.8) is 0 Å². The van der Waals surface area contributed by atoms with Crippen LogP contribution in [0.5, 0.6) is 5.75 Å². The third kappa shape index (κ3) is 11.0. The average molecular weight is 474 g/mol. The molecule has 1 atom stereocenters. The minimum absolute atomic E-state index is 0.0403. The molecule has 7 N–H and O–H groups in total. The fourth-order valence-electron chi connectivity index (χ4n) is 3.71. The zero-order valence-corrected chi connectivity index (χ0v) is 19.8. The lowest BCUT2D eigenvalue weighted by molar-refractivity contribution is 0.127. The first-order chi connectivity index (χ1) is 16.5. The number of primary amides is 1. The number of nitrogens with one attached hydrogen (secondary N) is 2. The van der Waals surface area contributed by atoms with Crippen molar-refractivity contribution in [1.82, 2.24) is 5.32 Å². The van der Waals surface area contributed by atoms with Gasteiger partial charge in [-0.15, -0.1) is 0 Å². The van der Waals surface area contributed by atoms with Crippen LogP contribution in [0.2, 0.25) is 0 Å². The number of aromatic hydroxyl groups is 1. The molecular formula is C26H39N3O5. The number of nitrogens with two attached hydrogens (primary N) is 1. The second-order valence-electron chi connectivity index (χ2n) is 8.44. The molecule has 8 nitrogen and oxygen atoms in total. The molecule has 8 heteroatoms. The van der Waals surface area contributed by atoms with E-state index in [2.05, 4.69) is 10.6 Å². The second-order valence-corrected chi connectivity index (χ2v) is 8.44. The van der Waals surface area contributed by atoms with Gasteiger partial charge in [0.2, 0.25) is 0 Å². The maximum absolute atomic E-state index is 10.9. The van der Waals surface area contributed by atoms with Crippen molar-refractivity contribution in [3.8, 4) is 5.75 Å². The van der Waals surface area contributed by atoms with Crippen LogP contribution in [0.3, 0.4) is 0 Å². The standard InChI is InChI=1S/C26H39N3O5/c27-26(33)29-23-10-6-8-20(16-23)9-7-15-34-14-5-3-1-2-4-13-28-18-25(32)21-11-12-24(31)22(17-21)19-30/h6,8,10-12,16-17,25,28,30-32H,1-5,7,9,13-15,18-19H2,(H3,27,29,33)/t25-/m1/s1. The van der Waals surface area contributed by atoms with Gasteiger partial charge in [0.25, 0.3) is 0 Å². The zero-order valence-electron chi connectivity index (χ0n) is 19.8. The maximum Gasteiger partial charge on any atom is 0.316 e. The molecule has 0 saturated carbocycles. The van der Waals surface area contributed by atoms with Gasteiger partial charge < -0.3 is 36.4 Å². The van der Waals surface area contributed by atoms with Gasteiger partial charge in [-0.2, -0.15) is 0 Å². The summed E-state index contributed by atoms with van der Waals surface area (Å²) in [5.41, 5.74) is 8.11. The van der Waals surface area contributed by atoms with Gasteiger partial charge in [-0.3, -0.25) is 0 Å². The lowest BCUT2D eigenvalue weighted by atomic mass is 10.1. The van der Waals surface area contributed by atoms with E-state index in [0.717, 1.165) is 70.3 Å². The summed E-state index contributed by atoms with van der Waals surface area (Å²) in [5.74, 6) is 0.0403. The number of ether oxygens (including phenoxy) is 1. The summed E-state index contributed by atoms with van der Waals surface area (Å²) in [5, 5.41) is 34.9. The summed E-state index contributed by atoms with van der Waals surface area (Å²) < 4.78 is 5.73. The van der Waals surface area contributed by atoms with Crippen LogP contribution in [0.4, 0.5) is 10.5 Å². The summed E-state index contributed by atoms with van der Waals surface area (Å²) in [6, 6.07) is 11.9. The van der Waals surface area contributed by atoms with Crippen LogP contribution in [0.1, 0.15) is 61.3 Å². The fraction of sp³-hybridized carbons (Fsp3) is 0.500. The first kappa shape index (κ1) is 27.6. The Morgan fingerprint density at radius 2 is 1.76 bits per heavy atom. The van der Waals surface area contributed by atoms with E-state index in [-0.39, 0.29) is 12.4 Å². The topological polar surface area (TPSA) is 137 Å². The van der Waals surface area contributed by atoms with Crippen LogP contribution in [0.15, 0.2) is 42.5 Å². The highest BCUT2D eigenvalue weighted by molar-refractivity contribution is 5.87. The average Bonchev–Trinajstić information content (AvgIpc) is 2.82. The quantitative estimate of drug-likeness (QED) is 0.194. The summed E-state index contributed by atoms with van der Waals surface area (Å²) in [6.45, 7) is 2.53. The van der Waals surface area contributed by atoms with Gasteiger partial charge >= 0.3 is 6.03 Å². The molecule has 0 aromatic heterocycles. The van der Waals surface area contributed by atoms with Crippen molar-refractivity contribution in [2.75, 3.05) is 31.6 Å². The number of carbonyl (C=O) groups is 1. The summed E-state index contributed by atoms with van der Waals surface area (Å²) in [6.07, 6.45) is 6.69. The number of aliphatic hydroxyl groups is 2. The molecule has 0 heterocycles. The van der Waals surface area contributed by atoms with Gasteiger partial charge in [-0.05, 0) is 67.6 Å². The first-order valence-corrected chi connectivity index (χ1v) is 12.0. The van der Waals surface area contributed by atoms with Crippen molar-refractivity contribution in [3.05, 3.63) is 59.2 Å².